The monoisotopic (exact) mass is 440 g/mol. The number of amides is 3. The van der Waals surface area contributed by atoms with E-state index in [0.29, 0.717) is 0 Å². The lowest BCUT2D eigenvalue weighted by molar-refractivity contribution is -0.132. The SMILES string of the molecule is CN1CCN(CN2C(=O)NC(c3ccccc3)(c3ccccc3)C2=O)C(c2ccccc2)C1. The molecule has 168 valence electrons. The van der Waals surface area contributed by atoms with E-state index in [2.05, 4.69) is 34.3 Å². The fourth-order valence-electron chi connectivity index (χ4n) is 4.94. The summed E-state index contributed by atoms with van der Waals surface area (Å²) < 4.78 is 0. The van der Waals surface area contributed by atoms with Crippen LogP contribution in [0.3, 0.4) is 0 Å². The number of hydrogen-bond acceptors (Lipinski definition) is 4. The molecule has 3 aromatic carbocycles. The maximum absolute atomic E-state index is 14.0. The van der Waals surface area contributed by atoms with E-state index in [1.807, 2.05) is 78.9 Å². The Balaban J connectivity index is 1.50. The summed E-state index contributed by atoms with van der Waals surface area (Å²) in [6.45, 7) is 2.75. The van der Waals surface area contributed by atoms with Crippen molar-refractivity contribution in [3.8, 4) is 0 Å². The molecule has 1 N–H and O–H groups in total. The standard InChI is InChI=1S/C27H28N4O2/c1-29-17-18-30(24(19-29)21-11-5-2-6-12-21)20-31-25(32)27(28-26(31)33,22-13-7-3-8-14-22)23-15-9-4-10-16-23/h2-16,24H,17-20H2,1H3,(H,28,33). The average molecular weight is 441 g/mol. The lowest BCUT2D eigenvalue weighted by Crippen LogP contribution is -2.52. The van der Waals surface area contributed by atoms with Gasteiger partial charge in [-0.2, -0.15) is 0 Å². The molecule has 1 unspecified atom stereocenters. The third kappa shape index (κ3) is 3.81. The molecule has 0 aromatic heterocycles. The Morgan fingerprint density at radius 1 is 0.818 bits per heavy atom. The van der Waals surface area contributed by atoms with E-state index in [4.69, 9.17) is 0 Å². The van der Waals surface area contributed by atoms with Crippen molar-refractivity contribution in [3.05, 3.63) is 108 Å². The predicted octanol–water partition coefficient (Wildman–Crippen LogP) is 3.43. The molecule has 0 radical (unpaired) electrons. The first kappa shape index (κ1) is 21.4. The first-order valence-corrected chi connectivity index (χ1v) is 11.3. The van der Waals surface area contributed by atoms with Gasteiger partial charge < -0.3 is 10.2 Å². The first-order chi connectivity index (χ1) is 16.1. The molecule has 3 amide bonds. The van der Waals surface area contributed by atoms with E-state index in [0.717, 1.165) is 30.8 Å². The maximum atomic E-state index is 14.0. The van der Waals surface area contributed by atoms with Crippen LogP contribution in [0.2, 0.25) is 0 Å². The van der Waals surface area contributed by atoms with Crippen molar-refractivity contribution in [1.29, 1.82) is 0 Å². The van der Waals surface area contributed by atoms with Crippen LogP contribution in [-0.4, -0.2) is 60.0 Å². The zero-order valence-corrected chi connectivity index (χ0v) is 18.7. The van der Waals surface area contributed by atoms with E-state index >= 15 is 0 Å². The molecular weight excluding hydrogens is 412 g/mol. The summed E-state index contributed by atoms with van der Waals surface area (Å²) >= 11 is 0. The molecule has 2 aliphatic rings. The number of benzene rings is 3. The number of urea groups is 1. The number of imide groups is 1. The lowest BCUT2D eigenvalue weighted by atomic mass is 9.83. The minimum Gasteiger partial charge on any atom is -0.315 e. The molecule has 1 atom stereocenters. The normalized spacial score (nSPS) is 21.2. The van der Waals surface area contributed by atoms with E-state index in [1.54, 1.807) is 0 Å². The Morgan fingerprint density at radius 3 is 1.94 bits per heavy atom. The van der Waals surface area contributed by atoms with Crippen molar-refractivity contribution < 1.29 is 9.59 Å². The highest BCUT2D eigenvalue weighted by molar-refractivity contribution is 6.09. The van der Waals surface area contributed by atoms with Crippen LogP contribution in [0.5, 0.6) is 0 Å². The predicted molar refractivity (Wildman–Crippen MR) is 127 cm³/mol. The topological polar surface area (TPSA) is 55.9 Å². The highest BCUT2D eigenvalue weighted by atomic mass is 16.2. The molecule has 0 spiro atoms. The summed E-state index contributed by atoms with van der Waals surface area (Å²) in [6, 6.07) is 29.1. The van der Waals surface area contributed by atoms with E-state index in [-0.39, 0.29) is 24.6 Å². The average Bonchev–Trinajstić information content (AvgIpc) is 3.12. The Labute approximate surface area is 194 Å². The van der Waals surface area contributed by atoms with Gasteiger partial charge in [0.1, 0.15) is 0 Å². The Hall–Kier alpha value is -3.48. The molecule has 2 heterocycles. The van der Waals surface area contributed by atoms with Gasteiger partial charge in [-0.15, -0.1) is 0 Å². The van der Waals surface area contributed by atoms with Crippen molar-refractivity contribution in [2.75, 3.05) is 33.4 Å². The number of carbonyl (C=O) groups is 2. The van der Waals surface area contributed by atoms with Crippen LogP contribution < -0.4 is 5.32 Å². The quantitative estimate of drug-likeness (QED) is 0.618. The van der Waals surface area contributed by atoms with E-state index in [1.165, 1.54) is 10.5 Å². The van der Waals surface area contributed by atoms with E-state index in [9.17, 15) is 9.59 Å². The molecule has 2 aliphatic heterocycles. The van der Waals surface area contributed by atoms with Crippen molar-refractivity contribution in [2.24, 2.45) is 0 Å². The van der Waals surface area contributed by atoms with Crippen LogP contribution in [0.15, 0.2) is 91.0 Å². The number of rotatable bonds is 5. The number of nitrogens with zero attached hydrogens (tertiary/aromatic N) is 3. The molecular formula is C27H28N4O2. The van der Waals surface area contributed by atoms with Crippen molar-refractivity contribution in [2.45, 2.75) is 11.6 Å². The van der Waals surface area contributed by atoms with Gasteiger partial charge in [-0.05, 0) is 23.7 Å². The number of piperazine rings is 1. The molecule has 3 aromatic rings. The van der Waals surface area contributed by atoms with Gasteiger partial charge in [-0.25, -0.2) is 9.69 Å². The molecule has 2 saturated heterocycles. The Bertz CT molecular complexity index is 1080. The van der Waals surface area contributed by atoms with E-state index < -0.39 is 5.54 Å². The summed E-state index contributed by atoms with van der Waals surface area (Å²) in [7, 11) is 2.11. The molecule has 6 heteroatoms. The van der Waals surface area contributed by atoms with Crippen LogP contribution in [0.25, 0.3) is 0 Å². The third-order valence-electron chi connectivity index (χ3n) is 6.72. The Morgan fingerprint density at radius 2 is 1.36 bits per heavy atom. The van der Waals surface area contributed by atoms with Crippen molar-refractivity contribution >= 4 is 11.9 Å². The van der Waals surface area contributed by atoms with Gasteiger partial charge >= 0.3 is 6.03 Å². The summed E-state index contributed by atoms with van der Waals surface area (Å²) in [4.78, 5) is 33.2. The molecule has 0 saturated carbocycles. The zero-order chi connectivity index (χ0) is 22.8. The van der Waals surface area contributed by atoms with Gasteiger partial charge in [-0.1, -0.05) is 91.0 Å². The lowest BCUT2D eigenvalue weighted by Gasteiger charge is -2.41. The van der Waals surface area contributed by atoms with Crippen LogP contribution in [-0.2, 0) is 10.3 Å². The molecule has 33 heavy (non-hydrogen) atoms. The van der Waals surface area contributed by atoms with Crippen molar-refractivity contribution in [1.82, 2.24) is 20.0 Å². The molecule has 0 bridgehead atoms. The second-order valence-electron chi connectivity index (χ2n) is 8.79. The smallest absolute Gasteiger partial charge is 0.315 e. The first-order valence-electron chi connectivity index (χ1n) is 11.3. The summed E-state index contributed by atoms with van der Waals surface area (Å²) in [6.07, 6.45) is 0. The van der Waals surface area contributed by atoms with Gasteiger partial charge in [0, 0.05) is 25.7 Å². The van der Waals surface area contributed by atoms with Crippen LogP contribution in [0.4, 0.5) is 4.79 Å². The summed E-state index contributed by atoms with van der Waals surface area (Å²) in [5, 5.41) is 3.05. The highest BCUT2D eigenvalue weighted by Crippen LogP contribution is 2.37. The molecule has 2 fully saturated rings. The van der Waals surface area contributed by atoms with Gasteiger partial charge in [0.25, 0.3) is 5.91 Å². The van der Waals surface area contributed by atoms with Crippen LogP contribution in [0, 0.1) is 0 Å². The fourth-order valence-corrected chi connectivity index (χ4v) is 4.94. The number of hydrogen-bond donors (Lipinski definition) is 1. The van der Waals surface area contributed by atoms with Crippen LogP contribution in [0.1, 0.15) is 22.7 Å². The second-order valence-corrected chi connectivity index (χ2v) is 8.79. The van der Waals surface area contributed by atoms with Gasteiger partial charge in [0.05, 0.1) is 6.67 Å². The molecule has 5 rings (SSSR count). The molecule has 0 aliphatic carbocycles. The van der Waals surface area contributed by atoms with Gasteiger partial charge in [-0.3, -0.25) is 9.69 Å². The Kier molecular flexibility index (Phi) is 5.70. The summed E-state index contributed by atoms with van der Waals surface area (Å²) in [5.41, 5.74) is 1.48. The van der Waals surface area contributed by atoms with Gasteiger partial charge in [0.15, 0.2) is 5.54 Å². The summed E-state index contributed by atoms with van der Waals surface area (Å²) in [5.74, 6) is -0.240. The highest BCUT2D eigenvalue weighted by Gasteiger charge is 2.54. The zero-order valence-electron chi connectivity index (χ0n) is 18.7. The van der Waals surface area contributed by atoms with Crippen molar-refractivity contribution in [3.63, 3.8) is 0 Å². The number of nitrogens with one attached hydrogen (secondary N) is 1. The van der Waals surface area contributed by atoms with Crippen LogP contribution >= 0.6 is 0 Å². The number of likely N-dealkylation sites (N-methyl/N-ethyl adjacent to an activating group) is 1. The fraction of sp³-hybridized carbons (Fsp3) is 0.259. The molecule has 6 nitrogen and oxygen atoms in total. The maximum Gasteiger partial charge on any atom is 0.326 e. The minimum atomic E-state index is -1.23. The number of carbonyl (C=O) groups excluding carboxylic acids is 2. The largest absolute Gasteiger partial charge is 0.326 e. The second kappa shape index (κ2) is 8.81. The minimum absolute atomic E-state index is 0.106. The van der Waals surface area contributed by atoms with Gasteiger partial charge in [0.2, 0.25) is 0 Å². The third-order valence-corrected chi connectivity index (χ3v) is 6.72.